The highest BCUT2D eigenvalue weighted by atomic mass is 32.2. The molecule has 0 saturated carbocycles. The zero-order chi connectivity index (χ0) is 26.7. The van der Waals surface area contributed by atoms with Crippen molar-refractivity contribution in [3.05, 3.63) is 80.8 Å². The van der Waals surface area contributed by atoms with Crippen LogP contribution in [0.2, 0.25) is 0 Å². The molecule has 0 fully saturated rings. The van der Waals surface area contributed by atoms with Gasteiger partial charge in [-0.3, -0.25) is 20.2 Å². The number of nitrogens with zero attached hydrogens (tertiary/aromatic N) is 2. The number of hydrogen-bond donors (Lipinski definition) is 1. The third-order valence-corrected chi connectivity index (χ3v) is 8.00. The average molecular weight is 546 g/mol. The molecular formula is C22H15N3O10S2. The van der Waals surface area contributed by atoms with Gasteiger partial charge in [0.15, 0.2) is 23.1 Å². The van der Waals surface area contributed by atoms with E-state index in [2.05, 4.69) is 10.3 Å². The Bertz CT molecular complexity index is 1690. The van der Waals surface area contributed by atoms with Gasteiger partial charge in [-0.15, -0.1) is 0 Å². The summed E-state index contributed by atoms with van der Waals surface area (Å²) in [4.78, 5) is 50.5. The lowest BCUT2D eigenvalue weighted by atomic mass is 10.2. The summed E-state index contributed by atoms with van der Waals surface area (Å²) in [5.74, 6) is -1.64. The molecule has 0 saturated heterocycles. The molecule has 15 heteroatoms. The number of nitrogens with one attached hydrogen (secondary N) is 1. The first-order valence-corrected chi connectivity index (χ1v) is 12.4. The summed E-state index contributed by atoms with van der Waals surface area (Å²) in [6, 6.07) is 10.3. The third kappa shape index (κ3) is 5.31. The number of carbonyl (C=O) groups is 2. The summed E-state index contributed by atoms with van der Waals surface area (Å²) in [6.45, 7) is -0.793. The van der Waals surface area contributed by atoms with E-state index >= 15 is 0 Å². The molecule has 2 aromatic heterocycles. The normalized spacial score (nSPS) is 11.2. The molecule has 4 rings (SSSR count). The number of hydrogen-bond acceptors (Lipinski definition) is 12. The molecule has 0 atom stereocenters. The van der Waals surface area contributed by atoms with E-state index in [1.165, 1.54) is 13.2 Å². The number of esters is 1. The van der Waals surface area contributed by atoms with Crippen LogP contribution in [-0.2, 0) is 19.4 Å². The molecule has 0 aliphatic carbocycles. The topological polar surface area (TPSA) is 185 Å². The van der Waals surface area contributed by atoms with Gasteiger partial charge in [0, 0.05) is 17.5 Å². The Hall–Kier alpha value is -4.63. The molecule has 2 heterocycles. The first kappa shape index (κ1) is 25.5. The van der Waals surface area contributed by atoms with Crippen molar-refractivity contribution in [1.29, 1.82) is 0 Å². The van der Waals surface area contributed by atoms with Crippen molar-refractivity contribution in [2.75, 3.05) is 19.0 Å². The molecule has 0 bridgehead atoms. The van der Waals surface area contributed by atoms with Gasteiger partial charge in [-0.1, -0.05) is 23.5 Å². The van der Waals surface area contributed by atoms with Crippen LogP contribution in [0.25, 0.3) is 11.0 Å². The maximum absolute atomic E-state index is 12.7. The van der Waals surface area contributed by atoms with E-state index in [-0.39, 0.29) is 25.5 Å². The smallest absolute Gasteiger partial charge is 0.351 e. The largest absolute Gasteiger partial charge is 0.493 e. The van der Waals surface area contributed by atoms with E-state index in [0.717, 1.165) is 30.5 Å². The average Bonchev–Trinajstić information content (AvgIpc) is 3.36. The van der Waals surface area contributed by atoms with Crippen molar-refractivity contribution >= 4 is 54.8 Å². The Kier molecular flexibility index (Phi) is 6.99. The molecular weight excluding hydrogens is 530 g/mol. The Morgan fingerprint density at radius 2 is 1.92 bits per heavy atom. The summed E-state index contributed by atoms with van der Waals surface area (Å²) in [6.07, 6.45) is 1.01. The Morgan fingerprint density at radius 1 is 1.19 bits per heavy atom. The molecule has 1 N–H and O–H groups in total. The third-order valence-electron chi connectivity index (χ3n) is 4.85. The second-order valence-electron chi connectivity index (χ2n) is 7.19. The van der Waals surface area contributed by atoms with Crippen LogP contribution in [0, 0.1) is 10.1 Å². The van der Waals surface area contributed by atoms with Gasteiger partial charge in [-0.25, -0.2) is 23.0 Å². The SMILES string of the molecule is COc1cccc2cc(C(=O)OCC(=O)Nc3ncc(S(=O)(=O)c4ccc([N+](=O)[O-])cc4)s3)c(=O)oc12. The highest BCUT2D eigenvalue weighted by Crippen LogP contribution is 2.29. The predicted octanol–water partition coefficient (Wildman–Crippen LogP) is 2.79. The van der Waals surface area contributed by atoms with Gasteiger partial charge in [-0.2, -0.15) is 0 Å². The molecule has 0 radical (unpaired) electrons. The molecule has 37 heavy (non-hydrogen) atoms. The summed E-state index contributed by atoms with van der Waals surface area (Å²) in [5, 5.41) is 13.4. The van der Waals surface area contributed by atoms with Gasteiger partial charge in [0.25, 0.3) is 11.6 Å². The summed E-state index contributed by atoms with van der Waals surface area (Å²) >= 11 is 0.629. The van der Waals surface area contributed by atoms with Gasteiger partial charge < -0.3 is 13.9 Å². The number of fused-ring (bicyclic) bond motifs is 1. The number of thiazole rings is 1. The highest BCUT2D eigenvalue weighted by Gasteiger charge is 2.23. The van der Waals surface area contributed by atoms with Crippen LogP contribution in [-0.4, -0.2) is 43.9 Å². The van der Waals surface area contributed by atoms with Gasteiger partial charge in [-0.05, 0) is 24.3 Å². The molecule has 4 aromatic rings. The van der Waals surface area contributed by atoms with Crippen LogP contribution in [0.4, 0.5) is 10.8 Å². The fourth-order valence-electron chi connectivity index (χ4n) is 3.09. The second-order valence-corrected chi connectivity index (χ2v) is 10.4. The second kappa shape index (κ2) is 10.2. The van der Waals surface area contributed by atoms with Gasteiger partial charge >= 0.3 is 11.6 Å². The Balaban J connectivity index is 1.41. The number of methoxy groups -OCH3 is 1. The fraction of sp³-hybridized carbons (Fsp3) is 0.0909. The minimum Gasteiger partial charge on any atom is -0.493 e. The molecule has 1 amide bonds. The lowest BCUT2D eigenvalue weighted by Crippen LogP contribution is -2.23. The fourth-order valence-corrected chi connectivity index (χ4v) is 5.54. The molecule has 0 spiro atoms. The zero-order valence-corrected chi connectivity index (χ0v) is 20.3. The Morgan fingerprint density at radius 3 is 2.59 bits per heavy atom. The van der Waals surface area contributed by atoms with Crippen LogP contribution in [0.5, 0.6) is 5.75 Å². The number of sulfone groups is 1. The quantitative estimate of drug-likeness (QED) is 0.148. The number of nitro groups is 1. The van der Waals surface area contributed by atoms with Crippen LogP contribution in [0.1, 0.15) is 10.4 Å². The number of rotatable bonds is 8. The van der Waals surface area contributed by atoms with E-state index in [9.17, 15) is 32.9 Å². The maximum atomic E-state index is 12.7. The lowest BCUT2D eigenvalue weighted by Gasteiger charge is -2.06. The molecule has 190 valence electrons. The van der Waals surface area contributed by atoms with Crippen molar-refractivity contribution in [3.8, 4) is 5.75 Å². The van der Waals surface area contributed by atoms with E-state index < -0.39 is 44.4 Å². The number of aromatic nitrogens is 1. The van der Waals surface area contributed by atoms with Crippen LogP contribution < -0.4 is 15.7 Å². The monoisotopic (exact) mass is 545 g/mol. The summed E-state index contributed by atoms with van der Waals surface area (Å²) < 4.78 is 40.4. The van der Waals surface area contributed by atoms with Gasteiger partial charge in [0.05, 0.1) is 23.1 Å². The van der Waals surface area contributed by atoms with E-state index in [4.69, 9.17) is 13.9 Å². The molecule has 2 aromatic carbocycles. The van der Waals surface area contributed by atoms with E-state index in [1.54, 1.807) is 18.2 Å². The van der Waals surface area contributed by atoms with Crippen molar-refractivity contribution in [2.24, 2.45) is 0 Å². The number of carbonyl (C=O) groups excluding carboxylic acids is 2. The molecule has 0 aliphatic heterocycles. The number of benzene rings is 2. The molecule has 0 aliphatic rings. The standard InChI is InChI=1S/C22H15N3O10S2/c1-33-16-4-2-3-12-9-15(21(28)35-19(12)16)20(27)34-11-17(26)24-22-23-10-18(36-22)37(31,32)14-7-5-13(6-8-14)25(29)30/h2-10H,11H2,1H3,(H,23,24,26). The predicted molar refractivity (Wildman–Crippen MR) is 129 cm³/mol. The molecule has 13 nitrogen and oxygen atoms in total. The van der Waals surface area contributed by atoms with Crippen LogP contribution in [0.3, 0.4) is 0 Å². The summed E-state index contributed by atoms with van der Waals surface area (Å²) in [5.41, 5.74) is -1.54. The van der Waals surface area contributed by atoms with E-state index in [1.807, 2.05) is 0 Å². The lowest BCUT2D eigenvalue weighted by molar-refractivity contribution is -0.384. The van der Waals surface area contributed by atoms with E-state index in [0.29, 0.717) is 22.5 Å². The van der Waals surface area contributed by atoms with Gasteiger partial charge in [0.2, 0.25) is 9.84 Å². The maximum Gasteiger partial charge on any atom is 0.351 e. The highest BCUT2D eigenvalue weighted by molar-refractivity contribution is 7.93. The number of nitro benzene ring substituents is 1. The number of para-hydroxylation sites is 1. The Labute approximate surface area is 211 Å². The first-order valence-electron chi connectivity index (χ1n) is 10.1. The first-order chi connectivity index (χ1) is 17.6. The minimum atomic E-state index is -4.04. The van der Waals surface area contributed by atoms with Crippen molar-refractivity contribution < 1.29 is 36.8 Å². The van der Waals surface area contributed by atoms with Crippen molar-refractivity contribution in [1.82, 2.24) is 4.98 Å². The van der Waals surface area contributed by atoms with Crippen molar-refractivity contribution in [2.45, 2.75) is 9.10 Å². The van der Waals surface area contributed by atoms with Crippen molar-refractivity contribution in [3.63, 3.8) is 0 Å². The zero-order valence-electron chi connectivity index (χ0n) is 18.7. The molecule has 0 unspecified atom stereocenters. The van der Waals surface area contributed by atoms with Gasteiger partial charge in [0.1, 0.15) is 9.77 Å². The number of anilines is 1. The number of non-ortho nitro benzene ring substituents is 1. The minimum absolute atomic E-state index is 0.0983. The van der Waals surface area contributed by atoms with Crippen LogP contribution in [0.15, 0.2) is 73.0 Å². The number of ether oxygens (including phenoxy) is 2. The number of amides is 1. The van der Waals surface area contributed by atoms with Crippen LogP contribution >= 0.6 is 11.3 Å². The summed E-state index contributed by atoms with van der Waals surface area (Å²) in [7, 11) is -2.65.